The van der Waals surface area contributed by atoms with E-state index in [1.54, 1.807) is 0 Å². The molecule has 44 heavy (non-hydrogen) atoms. The molecule has 0 spiro atoms. The summed E-state index contributed by atoms with van der Waals surface area (Å²) in [5, 5.41) is 0. The summed E-state index contributed by atoms with van der Waals surface area (Å²) >= 11 is 0. The maximum Gasteiger partial charge on any atom is 0.0614 e. The Morgan fingerprint density at radius 2 is 0.523 bits per heavy atom. The molecule has 0 bridgehead atoms. The average Bonchev–Trinajstić information content (AvgIpc) is 3.00. The Morgan fingerprint density at radius 3 is 0.705 bits per heavy atom. The van der Waals surface area contributed by atoms with Crippen LogP contribution in [0.25, 0.3) is 0 Å². The lowest BCUT2D eigenvalue weighted by Crippen LogP contribution is -2.45. The zero-order valence-electron chi connectivity index (χ0n) is 31.6. The zero-order chi connectivity index (χ0) is 31.5. The number of nitrogens with zero attached hydrogens (tertiary/aromatic N) is 2. The largest absolute Gasteiger partial charge is 0.294 e. The van der Waals surface area contributed by atoms with Gasteiger partial charge in [-0.25, -0.2) is 0 Å². The molecule has 0 saturated carbocycles. The molecule has 1 unspecified atom stereocenters. The summed E-state index contributed by atoms with van der Waals surface area (Å²) in [6, 6.07) is 0. The standard InChI is InChI=1S/C41H86N2.ClH/c1-6-9-11-13-15-17-19-21-23-25-27-29-31-33-35-37-39-43(41(8-3)42(4)5)40-38-36-34-32-30-28-26-24-22-20-18-16-14-12-10-7-2;/h41H,6-40H2,1-5H3;1H. The molecule has 0 aromatic rings. The first-order valence-corrected chi connectivity index (χ1v) is 20.6. The molecule has 0 amide bonds. The van der Waals surface area contributed by atoms with E-state index in [-0.39, 0.29) is 12.4 Å². The van der Waals surface area contributed by atoms with Crippen molar-refractivity contribution in [2.24, 2.45) is 0 Å². The molecule has 0 saturated heterocycles. The van der Waals surface area contributed by atoms with Gasteiger partial charge in [-0.2, -0.15) is 0 Å². The summed E-state index contributed by atoms with van der Waals surface area (Å²) in [5.41, 5.74) is 0. The summed E-state index contributed by atoms with van der Waals surface area (Å²) in [4.78, 5) is 5.27. The maximum absolute atomic E-state index is 2.81. The van der Waals surface area contributed by atoms with Crippen LogP contribution in [-0.4, -0.2) is 43.2 Å². The van der Waals surface area contributed by atoms with Crippen molar-refractivity contribution in [2.45, 2.75) is 239 Å². The molecule has 0 aromatic carbocycles. The van der Waals surface area contributed by atoms with Crippen LogP contribution in [0.4, 0.5) is 0 Å². The molecule has 0 aliphatic heterocycles. The van der Waals surface area contributed by atoms with E-state index in [1.165, 1.54) is 225 Å². The fraction of sp³-hybridized carbons (Fsp3) is 1.00. The fourth-order valence-electron chi connectivity index (χ4n) is 7.09. The lowest BCUT2D eigenvalue weighted by molar-refractivity contribution is 0.0718. The normalized spacial score (nSPS) is 12.3. The highest BCUT2D eigenvalue weighted by Gasteiger charge is 2.17. The summed E-state index contributed by atoms with van der Waals surface area (Å²) < 4.78 is 0. The first kappa shape index (κ1) is 46.3. The van der Waals surface area contributed by atoms with E-state index in [2.05, 4.69) is 44.7 Å². The smallest absolute Gasteiger partial charge is 0.0614 e. The third kappa shape index (κ3) is 33.6. The van der Waals surface area contributed by atoms with Gasteiger partial charge in [0, 0.05) is 0 Å². The molecule has 0 radical (unpaired) electrons. The van der Waals surface area contributed by atoms with Gasteiger partial charge in [0.2, 0.25) is 0 Å². The van der Waals surface area contributed by atoms with Crippen molar-refractivity contribution in [2.75, 3.05) is 27.2 Å². The van der Waals surface area contributed by atoms with Crippen molar-refractivity contribution in [3.8, 4) is 0 Å². The van der Waals surface area contributed by atoms with Crippen molar-refractivity contribution in [3.63, 3.8) is 0 Å². The molecule has 0 rings (SSSR count). The number of hydrogen-bond donors (Lipinski definition) is 0. The Hall–Kier alpha value is 0.210. The molecule has 268 valence electrons. The van der Waals surface area contributed by atoms with Gasteiger partial charge in [0.25, 0.3) is 0 Å². The van der Waals surface area contributed by atoms with Crippen molar-refractivity contribution in [1.29, 1.82) is 0 Å². The van der Waals surface area contributed by atoms with Gasteiger partial charge in [-0.15, -0.1) is 12.4 Å². The number of halogens is 1. The van der Waals surface area contributed by atoms with Crippen LogP contribution < -0.4 is 0 Å². The Labute approximate surface area is 287 Å². The first-order chi connectivity index (χ1) is 21.2. The molecule has 0 fully saturated rings. The van der Waals surface area contributed by atoms with Gasteiger partial charge in [-0.3, -0.25) is 9.80 Å². The van der Waals surface area contributed by atoms with Gasteiger partial charge < -0.3 is 0 Å². The van der Waals surface area contributed by atoms with Crippen LogP contribution in [0.3, 0.4) is 0 Å². The summed E-state index contributed by atoms with van der Waals surface area (Å²) in [7, 11) is 4.56. The first-order valence-electron chi connectivity index (χ1n) is 20.6. The van der Waals surface area contributed by atoms with Crippen LogP contribution in [0.1, 0.15) is 233 Å². The van der Waals surface area contributed by atoms with Gasteiger partial charge in [-0.05, 0) is 46.4 Å². The van der Waals surface area contributed by atoms with Crippen LogP contribution >= 0.6 is 12.4 Å². The SMILES string of the molecule is CCCCCCCCCCCCCCCCCCN(CCCCCCCCCCCCCCCCCC)C(CC)N(C)C.Cl. The van der Waals surface area contributed by atoms with E-state index in [1.807, 2.05) is 0 Å². The Balaban J connectivity index is 0. The molecule has 0 aliphatic rings. The van der Waals surface area contributed by atoms with Crippen LogP contribution in [0.5, 0.6) is 0 Å². The summed E-state index contributed by atoms with van der Waals surface area (Å²) in [5.74, 6) is 0. The number of hydrogen-bond acceptors (Lipinski definition) is 2. The second-order valence-electron chi connectivity index (χ2n) is 14.5. The fourth-order valence-corrected chi connectivity index (χ4v) is 7.09. The van der Waals surface area contributed by atoms with Gasteiger partial charge in [0.05, 0.1) is 6.17 Å². The highest BCUT2D eigenvalue weighted by molar-refractivity contribution is 5.85. The Kier molecular flexibility index (Phi) is 41.5. The molecule has 1 atom stereocenters. The van der Waals surface area contributed by atoms with E-state index in [0.29, 0.717) is 6.17 Å². The quantitative estimate of drug-likeness (QED) is 0.0491. The highest BCUT2D eigenvalue weighted by Crippen LogP contribution is 2.17. The van der Waals surface area contributed by atoms with Gasteiger partial charge in [0.1, 0.15) is 0 Å². The minimum Gasteiger partial charge on any atom is -0.294 e. The predicted octanol–water partition coefficient (Wildman–Crippen LogP) is 14.5. The molecular weight excluding hydrogens is 556 g/mol. The van der Waals surface area contributed by atoms with E-state index in [9.17, 15) is 0 Å². The van der Waals surface area contributed by atoms with Crippen molar-refractivity contribution < 1.29 is 0 Å². The summed E-state index contributed by atoms with van der Waals surface area (Å²) in [6.45, 7) is 9.59. The van der Waals surface area contributed by atoms with E-state index < -0.39 is 0 Å². The van der Waals surface area contributed by atoms with Crippen molar-refractivity contribution in [3.05, 3.63) is 0 Å². The van der Waals surface area contributed by atoms with Gasteiger partial charge >= 0.3 is 0 Å². The van der Waals surface area contributed by atoms with Crippen molar-refractivity contribution >= 4 is 12.4 Å². The molecule has 0 aliphatic carbocycles. The third-order valence-electron chi connectivity index (χ3n) is 9.98. The second kappa shape index (κ2) is 39.4. The van der Waals surface area contributed by atoms with Gasteiger partial charge in [0.15, 0.2) is 0 Å². The molecule has 0 aromatic heterocycles. The topological polar surface area (TPSA) is 6.48 Å². The molecule has 2 nitrogen and oxygen atoms in total. The molecule has 0 heterocycles. The third-order valence-corrected chi connectivity index (χ3v) is 9.98. The molecule has 0 N–H and O–H groups in total. The summed E-state index contributed by atoms with van der Waals surface area (Å²) in [6.07, 6.45) is 48.4. The molecule has 3 heteroatoms. The predicted molar refractivity (Wildman–Crippen MR) is 206 cm³/mol. The van der Waals surface area contributed by atoms with Crippen LogP contribution in [0.2, 0.25) is 0 Å². The van der Waals surface area contributed by atoms with E-state index in [4.69, 9.17) is 0 Å². The van der Waals surface area contributed by atoms with E-state index >= 15 is 0 Å². The van der Waals surface area contributed by atoms with Crippen LogP contribution in [-0.2, 0) is 0 Å². The van der Waals surface area contributed by atoms with Crippen LogP contribution in [0.15, 0.2) is 0 Å². The van der Waals surface area contributed by atoms with Crippen LogP contribution in [0, 0.1) is 0 Å². The Bertz CT molecular complexity index is 461. The number of rotatable bonds is 37. The Morgan fingerprint density at radius 1 is 0.318 bits per heavy atom. The van der Waals surface area contributed by atoms with Crippen molar-refractivity contribution in [1.82, 2.24) is 9.80 Å². The lowest BCUT2D eigenvalue weighted by Gasteiger charge is -2.35. The zero-order valence-corrected chi connectivity index (χ0v) is 32.4. The second-order valence-corrected chi connectivity index (χ2v) is 14.5. The highest BCUT2D eigenvalue weighted by atomic mass is 35.5. The average molecular weight is 644 g/mol. The minimum atomic E-state index is 0. The molecular formula is C41H87ClN2. The maximum atomic E-state index is 2.81. The van der Waals surface area contributed by atoms with E-state index in [0.717, 1.165) is 0 Å². The minimum absolute atomic E-state index is 0. The monoisotopic (exact) mass is 643 g/mol. The number of unbranched alkanes of at least 4 members (excludes halogenated alkanes) is 30. The van der Waals surface area contributed by atoms with Gasteiger partial charge in [-0.1, -0.05) is 213 Å². The lowest BCUT2D eigenvalue weighted by atomic mass is 10.0.